The molecule has 0 aromatic rings. The Hall–Kier alpha value is -0.870. The van der Waals surface area contributed by atoms with Gasteiger partial charge in [0, 0.05) is 0 Å². The van der Waals surface area contributed by atoms with Crippen LogP contribution in [0.4, 0.5) is 0 Å². The summed E-state index contributed by atoms with van der Waals surface area (Å²) < 4.78 is 4.70. The molecule has 1 aliphatic rings. The molecular weight excluding hydrogens is 244 g/mol. The lowest BCUT2D eigenvalue weighted by Crippen LogP contribution is -2.44. The highest BCUT2D eigenvalue weighted by Crippen LogP contribution is 2.37. The predicted molar refractivity (Wildman–Crippen MR) is 73.4 cm³/mol. The molecule has 19 heavy (non-hydrogen) atoms. The lowest BCUT2D eigenvalue weighted by Gasteiger charge is -2.41. The molecule has 0 radical (unpaired) electrons. The molecule has 0 N–H and O–H groups in total. The summed E-state index contributed by atoms with van der Waals surface area (Å²) >= 11 is 0. The van der Waals surface area contributed by atoms with Gasteiger partial charge in [-0.2, -0.15) is 0 Å². The van der Waals surface area contributed by atoms with E-state index in [4.69, 9.17) is 14.5 Å². The molecule has 1 heterocycles. The van der Waals surface area contributed by atoms with Crippen molar-refractivity contribution in [3.63, 3.8) is 0 Å². The Kier molecular flexibility index (Phi) is 6.52. The number of hydrogen-bond acceptors (Lipinski definition) is 4. The largest absolute Gasteiger partial charge is 0.469 e. The van der Waals surface area contributed by atoms with Crippen LogP contribution in [0.1, 0.15) is 52.9 Å². The SMILES string of the molecule is CCC=CC1(CC)CC(CC)C(CC(=O)OC)OO1. The van der Waals surface area contributed by atoms with Crippen molar-refractivity contribution < 1.29 is 19.3 Å². The van der Waals surface area contributed by atoms with E-state index in [1.807, 2.05) is 0 Å². The molecule has 0 saturated carbocycles. The lowest BCUT2D eigenvalue weighted by atomic mass is 9.81. The van der Waals surface area contributed by atoms with Crippen molar-refractivity contribution in [3.8, 4) is 0 Å². The molecule has 0 spiro atoms. The molecule has 1 rings (SSSR count). The molecule has 4 nitrogen and oxygen atoms in total. The highest BCUT2D eigenvalue weighted by atomic mass is 17.2. The molecule has 1 saturated heterocycles. The van der Waals surface area contributed by atoms with Crippen molar-refractivity contribution in [2.24, 2.45) is 5.92 Å². The van der Waals surface area contributed by atoms with Crippen molar-refractivity contribution in [2.75, 3.05) is 7.11 Å². The second-order valence-electron chi connectivity index (χ2n) is 5.10. The smallest absolute Gasteiger partial charge is 0.308 e. The van der Waals surface area contributed by atoms with Crippen molar-refractivity contribution in [3.05, 3.63) is 12.2 Å². The molecule has 0 aliphatic carbocycles. The minimum atomic E-state index is -0.344. The number of rotatable bonds is 6. The van der Waals surface area contributed by atoms with Crippen LogP contribution < -0.4 is 0 Å². The fourth-order valence-electron chi connectivity index (χ4n) is 2.45. The van der Waals surface area contributed by atoms with Crippen molar-refractivity contribution in [2.45, 2.75) is 64.6 Å². The Morgan fingerprint density at radius 3 is 2.68 bits per heavy atom. The fourth-order valence-corrected chi connectivity index (χ4v) is 2.45. The Bertz CT molecular complexity index is 313. The standard InChI is InChI=1S/C15H26O4/c1-5-8-9-15(7-3)11-12(6-2)13(18-19-15)10-14(16)17-4/h8-9,12-13H,5-7,10-11H2,1-4H3. The van der Waals surface area contributed by atoms with Gasteiger partial charge < -0.3 is 4.74 Å². The first-order chi connectivity index (χ1) is 9.10. The molecule has 110 valence electrons. The van der Waals surface area contributed by atoms with E-state index in [-0.39, 0.29) is 24.1 Å². The Morgan fingerprint density at radius 2 is 2.16 bits per heavy atom. The van der Waals surface area contributed by atoms with Crippen LogP contribution in [0.25, 0.3) is 0 Å². The third-order valence-corrected chi connectivity index (χ3v) is 3.85. The van der Waals surface area contributed by atoms with Gasteiger partial charge in [0.1, 0.15) is 11.7 Å². The number of methoxy groups -OCH3 is 1. The maximum Gasteiger partial charge on any atom is 0.308 e. The van der Waals surface area contributed by atoms with Gasteiger partial charge in [0.2, 0.25) is 0 Å². The second-order valence-corrected chi connectivity index (χ2v) is 5.10. The quantitative estimate of drug-likeness (QED) is 0.421. The molecule has 0 aromatic carbocycles. The molecule has 0 aromatic heterocycles. The zero-order chi connectivity index (χ0) is 14.3. The summed E-state index contributed by atoms with van der Waals surface area (Å²) in [6.45, 7) is 6.31. The number of hydrogen-bond donors (Lipinski definition) is 0. The van der Waals surface area contributed by atoms with Gasteiger partial charge >= 0.3 is 5.97 Å². The van der Waals surface area contributed by atoms with Crippen LogP contribution >= 0.6 is 0 Å². The van der Waals surface area contributed by atoms with Crippen LogP contribution in [-0.2, 0) is 19.3 Å². The Balaban J connectivity index is 2.72. The number of allylic oxidation sites excluding steroid dienone is 1. The Labute approximate surface area is 116 Å². The number of esters is 1. The van der Waals surface area contributed by atoms with Gasteiger partial charge in [-0.25, -0.2) is 9.78 Å². The molecule has 1 aliphatic heterocycles. The monoisotopic (exact) mass is 270 g/mol. The third-order valence-electron chi connectivity index (χ3n) is 3.85. The van der Waals surface area contributed by atoms with E-state index >= 15 is 0 Å². The molecule has 0 amide bonds. The predicted octanol–water partition coefficient (Wildman–Crippen LogP) is 3.41. The molecule has 3 atom stereocenters. The van der Waals surface area contributed by atoms with Crippen LogP contribution in [-0.4, -0.2) is 24.8 Å². The van der Waals surface area contributed by atoms with Crippen LogP contribution in [0, 0.1) is 5.92 Å². The summed E-state index contributed by atoms with van der Waals surface area (Å²) in [7, 11) is 1.40. The van der Waals surface area contributed by atoms with E-state index < -0.39 is 0 Å². The molecule has 0 bridgehead atoms. The molecular formula is C15H26O4. The summed E-state index contributed by atoms with van der Waals surface area (Å²) in [5.74, 6) is 0.0643. The first kappa shape index (κ1) is 16.2. The topological polar surface area (TPSA) is 44.8 Å². The summed E-state index contributed by atoms with van der Waals surface area (Å²) in [6, 6.07) is 0. The van der Waals surface area contributed by atoms with Crippen molar-refractivity contribution >= 4 is 5.97 Å². The van der Waals surface area contributed by atoms with E-state index in [1.54, 1.807) is 0 Å². The molecule has 4 heteroatoms. The minimum absolute atomic E-state index is 0.202. The van der Waals surface area contributed by atoms with Crippen LogP contribution in [0.3, 0.4) is 0 Å². The lowest BCUT2D eigenvalue weighted by molar-refractivity contribution is -0.409. The van der Waals surface area contributed by atoms with E-state index in [0.717, 1.165) is 25.7 Å². The van der Waals surface area contributed by atoms with Crippen molar-refractivity contribution in [1.29, 1.82) is 0 Å². The van der Waals surface area contributed by atoms with Gasteiger partial charge in [0.15, 0.2) is 0 Å². The third kappa shape index (κ3) is 4.32. The van der Waals surface area contributed by atoms with Gasteiger partial charge in [-0.05, 0) is 25.2 Å². The zero-order valence-electron chi connectivity index (χ0n) is 12.5. The number of ether oxygens (including phenoxy) is 1. The van der Waals surface area contributed by atoms with E-state index in [1.165, 1.54) is 7.11 Å². The van der Waals surface area contributed by atoms with Crippen LogP contribution in [0.2, 0.25) is 0 Å². The van der Waals surface area contributed by atoms with E-state index in [0.29, 0.717) is 5.92 Å². The summed E-state index contributed by atoms with van der Waals surface area (Å²) in [5, 5.41) is 0. The van der Waals surface area contributed by atoms with Gasteiger partial charge in [0.25, 0.3) is 0 Å². The molecule has 1 fully saturated rings. The normalized spacial score (nSPS) is 31.6. The number of carbonyl (C=O) groups is 1. The number of carbonyl (C=O) groups excluding carboxylic acids is 1. The Morgan fingerprint density at radius 1 is 1.42 bits per heavy atom. The maximum atomic E-state index is 11.4. The average molecular weight is 270 g/mol. The van der Waals surface area contributed by atoms with Gasteiger partial charge in [-0.15, -0.1) is 0 Å². The fraction of sp³-hybridized carbons (Fsp3) is 0.800. The molecule has 3 unspecified atom stereocenters. The summed E-state index contributed by atoms with van der Waals surface area (Å²) in [6.07, 6.45) is 7.96. The summed E-state index contributed by atoms with van der Waals surface area (Å²) in [5.41, 5.74) is -0.344. The highest BCUT2D eigenvalue weighted by Gasteiger charge is 2.41. The van der Waals surface area contributed by atoms with Gasteiger partial charge in [0.05, 0.1) is 13.5 Å². The first-order valence-electron chi connectivity index (χ1n) is 7.19. The summed E-state index contributed by atoms with van der Waals surface area (Å²) in [4.78, 5) is 22.5. The zero-order valence-corrected chi connectivity index (χ0v) is 12.5. The van der Waals surface area contributed by atoms with Crippen molar-refractivity contribution in [1.82, 2.24) is 0 Å². The minimum Gasteiger partial charge on any atom is -0.469 e. The van der Waals surface area contributed by atoms with E-state index in [2.05, 4.69) is 32.9 Å². The van der Waals surface area contributed by atoms with Crippen LogP contribution in [0.5, 0.6) is 0 Å². The average Bonchev–Trinajstić information content (AvgIpc) is 2.46. The van der Waals surface area contributed by atoms with E-state index in [9.17, 15) is 4.79 Å². The second kappa shape index (κ2) is 7.65. The maximum absolute atomic E-state index is 11.4. The van der Waals surface area contributed by atoms with Gasteiger partial charge in [-0.1, -0.05) is 39.3 Å². The highest BCUT2D eigenvalue weighted by molar-refractivity contribution is 5.69. The first-order valence-corrected chi connectivity index (χ1v) is 7.19. The van der Waals surface area contributed by atoms with Crippen LogP contribution in [0.15, 0.2) is 12.2 Å². The van der Waals surface area contributed by atoms with Gasteiger partial charge in [-0.3, -0.25) is 4.79 Å².